The molecule has 1 heterocycles. The topological polar surface area (TPSA) is 93.9 Å². The predicted octanol–water partition coefficient (Wildman–Crippen LogP) is 1.11. The Labute approximate surface area is 103 Å². The molecular weight excluding hydrogens is 232 g/mol. The fourth-order valence-corrected chi connectivity index (χ4v) is 1.53. The van der Waals surface area contributed by atoms with Crippen molar-refractivity contribution < 1.29 is 9.53 Å². The van der Waals surface area contributed by atoms with Gasteiger partial charge in [0.1, 0.15) is 6.07 Å². The average Bonchev–Trinajstić information content (AvgIpc) is 2.79. The molecule has 6 heteroatoms. The van der Waals surface area contributed by atoms with Crippen molar-refractivity contribution in [2.45, 2.75) is 0 Å². The summed E-state index contributed by atoms with van der Waals surface area (Å²) >= 11 is 0. The third-order valence-electron chi connectivity index (χ3n) is 2.39. The number of aromatic nitrogens is 2. The third kappa shape index (κ3) is 1.89. The minimum Gasteiger partial charge on any atom is -0.464 e. The van der Waals surface area contributed by atoms with Gasteiger partial charge in [-0.3, -0.25) is 0 Å². The summed E-state index contributed by atoms with van der Waals surface area (Å²) in [5, 5.41) is 13.0. The van der Waals surface area contributed by atoms with E-state index in [9.17, 15) is 4.79 Å². The van der Waals surface area contributed by atoms with Gasteiger partial charge in [-0.15, -0.1) is 0 Å². The van der Waals surface area contributed by atoms with Crippen molar-refractivity contribution in [1.82, 2.24) is 9.78 Å². The first kappa shape index (κ1) is 11.7. The van der Waals surface area contributed by atoms with Crippen LogP contribution in [-0.4, -0.2) is 22.9 Å². The van der Waals surface area contributed by atoms with Crippen LogP contribution < -0.4 is 5.73 Å². The third-order valence-corrected chi connectivity index (χ3v) is 2.39. The number of carbonyl (C=O) groups is 1. The maximum absolute atomic E-state index is 11.4. The Morgan fingerprint density at radius 1 is 1.50 bits per heavy atom. The van der Waals surface area contributed by atoms with E-state index in [4.69, 9.17) is 11.0 Å². The van der Waals surface area contributed by atoms with Crippen LogP contribution in [0.5, 0.6) is 0 Å². The molecule has 0 aliphatic carbocycles. The highest BCUT2D eigenvalue weighted by Gasteiger charge is 2.16. The lowest BCUT2D eigenvalue weighted by atomic mass is 10.2. The van der Waals surface area contributed by atoms with Crippen LogP contribution in [0.2, 0.25) is 0 Å². The van der Waals surface area contributed by atoms with E-state index in [-0.39, 0.29) is 11.4 Å². The molecule has 0 saturated carbocycles. The van der Waals surface area contributed by atoms with E-state index in [1.54, 1.807) is 24.3 Å². The lowest BCUT2D eigenvalue weighted by Gasteiger charge is -2.02. The molecule has 18 heavy (non-hydrogen) atoms. The zero-order valence-electron chi connectivity index (χ0n) is 9.62. The van der Waals surface area contributed by atoms with Gasteiger partial charge in [0.05, 0.1) is 30.2 Å². The number of esters is 1. The molecule has 0 spiro atoms. The van der Waals surface area contributed by atoms with Crippen LogP contribution in [0.25, 0.3) is 5.69 Å². The number of nitrogens with zero attached hydrogens (tertiary/aromatic N) is 3. The quantitative estimate of drug-likeness (QED) is 0.796. The van der Waals surface area contributed by atoms with Gasteiger partial charge in [-0.1, -0.05) is 12.1 Å². The summed E-state index contributed by atoms with van der Waals surface area (Å²) in [6.45, 7) is 0. The van der Waals surface area contributed by atoms with E-state index in [0.29, 0.717) is 11.3 Å². The van der Waals surface area contributed by atoms with E-state index in [1.807, 2.05) is 6.07 Å². The van der Waals surface area contributed by atoms with Gasteiger partial charge in [-0.2, -0.15) is 10.4 Å². The number of nitrogen functional groups attached to an aromatic ring is 1. The van der Waals surface area contributed by atoms with Gasteiger partial charge in [0.15, 0.2) is 5.69 Å². The van der Waals surface area contributed by atoms with Crippen LogP contribution in [0.15, 0.2) is 30.5 Å². The summed E-state index contributed by atoms with van der Waals surface area (Å²) in [4.78, 5) is 11.4. The molecular formula is C12H10N4O2. The van der Waals surface area contributed by atoms with Crippen molar-refractivity contribution in [1.29, 1.82) is 5.26 Å². The summed E-state index contributed by atoms with van der Waals surface area (Å²) < 4.78 is 5.95. The molecule has 0 saturated heterocycles. The fraction of sp³-hybridized carbons (Fsp3) is 0.0833. The van der Waals surface area contributed by atoms with Crippen molar-refractivity contribution >= 4 is 11.7 Å². The molecule has 0 bridgehead atoms. The number of para-hydroxylation sites is 1. The van der Waals surface area contributed by atoms with Gasteiger partial charge >= 0.3 is 5.97 Å². The number of nitriles is 1. The molecule has 0 aliphatic rings. The van der Waals surface area contributed by atoms with E-state index >= 15 is 0 Å². The zero-order chi connectivity index (χ0) is 13.1. The van der Waals surface area contributed by atoms with Gasteiger partial charge in [0, 0.05) is 0 Å². The second-order valence-electron chi connectivity index (χ2n) is 3.50. The maximum atomic E-state index is 11.4. The Morgan fingerprint density at radius 3 is 2.89 bits per heavy atom. The molecule has 0 radical (unpaired) electrons. The zero-order valence-corrected chi connectivity index (χ0v) is 9.62. The van der Waals surface area contributed by atoms with Crippen molar-refractivity contribution in [3.8, 4) is 11.8 Å². The molecule has 0 aliphatic heterocycles. The van der Waals surface area contributed by atoms with Gasteiger partial charge in [-0.05, 0) is 12.1 Å². The van der Waals surface area contributed by atoms with Crippen LogP contribution in [0, 0.1) is 11.3 Å². The van der Waals surface area contributed by atoms with E-state index in [0.717, 1.165) is 0 Å². The Kier molecular flexibility index (Phi) is 2.98. The summed E-state index contributed by atoms with van der Waals surface area (Å²) in [6, 6.07) is 8.94. The van der Waals surface area contributed by atoms with Gasteiger partial charge in [-0.25, -0.2) is 9.48 Å². The van der Waals surface area contributed by atoms with Crippen molar-refractivity contribution in [3.63, 3.8) is 0 Å². The monoisotopic (exact) mass is 242 g/mol. The molecule has 6 nitrogen and oxygen atoms in total. The highest BCUT2D eigenvalue weighted by molar-refractivity contribution is 5.92. The summed E-state index contributed by atoms with van der Waals surface area (Å²) in [6.07, 6.45) is 1.47. The number of methoxy groups -OCH3 is 1. The number of hydrogen-bond donors (Lipinski definition) is 1. The number of carbonyl (C=O) groups excluding carboxylic acids is 1. The first-order valence-corrected chi connectivity index (χ1v) is 5.10. The SMILES string of the molecule is COC(=O)c1nn(-c2ccccc2C#N)cc1N. The van der Waals surface area contributed by atoms with Crippen LogP contribution in [0.4, 0.5) is 5.69 Å². The molecule has 0 atom stereocenters. The molecule has 1 aromatic carbocycles. The highest BCUT2D eigenvalue weighted by Crippen LogP contribution is 2.17. The Morgan fingerprint density at radius 2 is 2.22 bits per heavy atom. The molecule has 2 aromatic rings. The minimum absolute atomic E-state index is 0.0326. The Bertz CT molecular complexity index is 640. The number of anilines is 1. The first-order valence-electron chi connectivity index (χ1n) is 5.10. The van der Waals surface area contributed by atoms with Crippen molar-refractivity contribution in [2.24, 2.45) is 0 Å². The molecule has 0 amide bonds. The average molecular weight is 242 g/mol. The largest absolute Gasteiger partial charge is 0.464 e. The summed E-state index contributed by atoms with van der Waals surface area (Å²) in [7, 11) is 1.25. The lowest BCUT2D eigenvalue weighted by molar-refractivity contribution is 0.0594. The number of benzene rings is 1. The van der Waals surface area contributed by atoms with Crippen LogP contribution in [0.1, 0.15) is 16.1 Å². The number of hydrogen-bond acceptors (Lipinski definition) is 5. The molecule has 1 aromatic heterocycles. The standard InChI is InChI=1S/C12H10N4O2/c1-18-12(17)11-9(14)7-16(15-11)10-5-3-2-4-8(10)6-13/h2-5,7H,14H2,1H3. The van der Waals surface area contributed by atoms with E-state index < -0.39 is 5.97 Å². The second-order valence-corrected chi connectivity index (χ2v) is 3.50. The first-order chi connectivity index (χ1) is 8.67. The molecule has 90 valence electrons. The van der Waals surface area contributed by atoms with Gasteiger partial charge < -0.3 is 10.5 Å². The van der Waals surface area contributed by atoms with Gasteiger partial charge in [0.25, 0.3) is 0 Å². The molecule has 0 unspecified atom stereocenters. The number of rotatable bonds is 2. The summed E-state index contributed by atoms with van der Waals surface area (Å²) in [5.41, 5.74) is 6.91. The van der Waals surface area contributed by atoms with Gasteiger partial charge in [0.2, 0.25) is 0 Å². The Hall–Kier alpha value is -2.81. The lowest BCUT2D eigenvalue weighted by Crippen LogP contribution is -2.06. The minimum atomic E-state index is -0.610. The number of nitrogens with two attached hydrogens (primary N) is 1. The summed E-state index contributed by atoms with van der Waals surface area (Å²) in [5.74, 6) is -0.610. The van der Waals surface area contributed by atoms with Crippen LogP contribution >= 0.6 is 0 Å². The Balaban J connectivity index is 2.53. The van der Waals surface area contributed by atoms with Crippen molar-refractivity contribution in [3.05, 3.63) is 41.7 Å². The fourth-order valence-electron chi connectivity index (χ4n) is 1.53. The normalized spacial score (nSPS) is 9.78. The smallest absolute Gasteiger partial charge is 0.360 e. The molecule has 0 fully saturated rings. The predicted molar refractivity (Wildman–Crippen MR) is 64.0 cm³/mol. The number of ether oxygens (including phenoxy) is 1. The maximum Gasteiger partial charge on any atom is 0.360 e. The molecule has 2 rings (SSSR count). The van der Waals surface area contributed by atoms with E-state index in [2.05, 4.69) is 9.84 Å². The van der Waals surface area contributed by atoms with Crippen LogP contribution in [0.3, 0.4) is 0 Å². The molecule has 2 N–H and O–H groups in total. The van der Waals surface area contributed by atoms with E-state index in [1.165, 1.54) is 18.0 Å². The second kappa shape index (κ2) is 4.59. The van der Waals surface area contributed by atoms with Crippen molar-refractivity contribution in [2.75, 3.05) is 12.8 Å². The highest BCUT2D eigenvalue weighted by atomic mass is 16.5. The van der Waals surface area contributed by atoms with Crippen LogP contribution in [-0.2, 0) is 4.74 Å².